The first-order valence-corrected chi connectivity index (χ1v) is 3.31. The first-order valence-electron chi connectivity index (χ1n) is 3.31. The molecular formula is C7H16O. The fraction of sp³-hybridized carbons (Fsp3) is 1.00. The summed E-state index contributed by atoms with van der Waals surface area (Å²) in [5.41, 5.74) is 0. The Morgan fingerprint density at radius 2 is 1.38 bits per heavy atom. The van der Waals surface area contributed by atoms with Gasteiger partial charge in [0.25, 0.3) is 0 Å². The average molecular weight is 116 g/mol. The van der Waals surface area contributed by atoms with Crippen molar-refractivity contribution in [2.24, 2.45) is 5.92 Å². The molecule has 0 aromatic heterocycles. The monoisotopic (exact) mass is 116 g/mol. The Morgan fingerprint density at radius 1 is 1.25 bits per heavy atom. The van der Waals surface area contributed by atoms with Gasteiger partial charge in [0.2, 0.25) is 0 Å². The van der Waals surface area contributed by atoms with Gasteiger partial charge >= 0.3 is 0 Å². The summed E-state index contributed by atoms with van der Waals surface area (Å²) in [5.74, 6) is 0.833. The first kappa shape index (κ1) is 7.96. The highest BCUT2D eigenvalue weighted by atomic mass is 16.3. The molecule has 1 aliphatic carbocycles. The normalized spacial score (nSPS) is 17.6. The van der Waals surface area contributed by atoms with Crippen molar-refractivity contribution in [3.8, 4) is 0 Å². The predicted molar refractivity (Wildman–Crippen MR) is 35.8 cm³/mol. The molecule has 1 fully saturated rings. The third-order valence-corrected chi connectivity index (χ3v) is 0.547. The molecular weight excluding hydrogens is 100 g/mol. The first-order chi connectivity index (χ1) is 3.63. The topological polar surface area (TPSA) is 20.2 Å². The van der Waals surface area contributed by atoms with E-state index in [1.165, 1.54) is 0 Å². The molecule has 0 aliphatic heterocycles. The molecule has 0 spiro atoms. The van der Waals surface area contributed by atoms with Crippen LogP contribution < -0.4 is 0 Å². The number of aliphatic hydroxyl groups excluding tert-OH is 1. The highest BCUT2D eigenvalue weighted by molar-refractivity contribution is 4.68. The Bertz CT molecular complexity index is 43.6. The van der Waals surface area contributed by atoms with E-state index in [1.807, 2.05) is 0 Å². The van der Waals surface area contributed by atoms with Crippen LogP contribution >= 0.6 is 0 Å². The molecule has 1 rings (SSSR count). The van der Waals surface area contributed by atoms with Crippen LogP contribution in [0.5, 0.6) is 0 Å². The molecule has 8 heavy (non-hydrogen) atoms. The van der Waals surface area contributed by atoms with Crippen molar-refractivity contribution in [3.63, 3.8) is 0 Å². The van der Waals surface area contributed by atoms with E-state index < -0.39 is 0 Å². The molecule has 0 radical (unpaired) electrons. The minimum atomic E-state index is 0.0833. The summed E-state index contributed by atoms with van der Waals surface area (Å²) in [7, 11) is 0. The summed E-state index contributed by atoms with van der Waals surface area (Å²) in [6.45, 7) is 6.50. The zero-order valence-corrected chi connectivity index (χ0v) is 6.02. The van der Waals surface area contributed by atoms with Crippen LogP contribution in [-0.4, -0.2) is 11.2 Å². The van der Waals surface area contributed by atoms with Gasteiger partial charge in [-0.2, -0.15) is 0 Å². The van der Waals surface area contributed by atoms with Gasteiger partial charge in [0, 0.05) is 0 Å². The summed E-state index contributed by atoms with van der Waals surface area (Å²) in [6.07, 6.45) is 2.17. The van der Waals surface area contributed by atoms with Crippen LogP contribution in [0.15, 0.2) is 0 Å². The van der Waals surface area contributed by atoms with Crippen LogP contribution in [0.1, 0.15) is 33.6 Å². The Kier molecular flexibility index (Phi) is 3.88. The molecule has 1 nitrogen and oxygen atoms in total. The second kappa shape index (κ2) is 3.90. The number of rotatable bonds is 0. The Morgan fingerprint density at radius 3 is 1.38 bits per heavy atom. The highest BCUT2D eigenvalue weighted by Gasteiger charge is 2.15. The maximum atomic E-state index is 8.17. The van der Waals surface area contributed by atoms with Gasteiger partial charge in [-0.1, -0.05) is 20.8 Å². The number of hydrogen-bond acceptors (Lipinski definition) is 1. The van der Waals surface area contributed by atoms with Crippen molar-refractivity contribution in [1.82, 2.24) is 0 Å². The Balaban J connectivity index is 0.000000122. The van der Waals surface area contributed by atoms with E-state index in [0.29, 0.717) is 0 Å². The van der Waals surface area contributed by atoms with Crippen molar-refractivity contribution in [2.45, 2.75) is 39.7 Å². The van der Waals surface area contributed by atoms with Crippen molar-refractivity contribution in [1.29, 1.82) is 0 Å². The van der Waals surface area contributed by atoms with Gasteiger partial charge in [-0.3, -0.25) is 0 Å². The predicted octanol–water partition coefficient (Wildman–Crippen LogP) is 1.80. The summed E-state index contributed by atoms with van der Waals surface area (Å²) in [6, 6.07) is 0. The standard InChI is InChI=1S/C4H10.C3H6O/c1-4(2)3;4-3-1-2-3/h4H,1-3H3;3-4H,1-2H2. The lowest BCUT2D eigenvalue weighted by molar-refractivity contribution is 0.279. The molecule has 0 heterocycles. The SMILES string of the molecule is CC(C)C.OC1CC1. The van der Waals surface area contributed by atoms with E-state index in [2.05, 4.69) is 20.8 Å². The largest absolute Gasteiger partial charge is 0.393 e. The zero-order chi connectivity index (χ0) is 6.57. The average Bonchev–Trinajstić information content (AvgIpc) is 2.19. The van der Waals surface area contributed by atoms with Gasteiger partial charge in [0.15, 0.2) is 0 Å². The zero-order valence-electron chi connectivity index (χ0n) is 6.02. The minimum absolute atomic E-state index is 0.0833. The quantitative estimate of drug-likeness (QED) is 0.511. The van der Waals surface area contributed by atoms with Crippen LogP contribution in [0.25, 0.3) is 0 Å². The molecule has 1 aliphatic rings. The number of aliphatic hydroxyl groups is 1. The van der Waals surface area contributed by atoms with E-state index in [4.69, 9.17) is 5.11 Å². The van der Waals surface area contributed by atoms with Gasteiger partial charge in [0.05, 0.1) is 6.10 Å². The smallest absolute Gasteiger partial charge is 0.0542 e. The molecule has 0 aromatic carbocycles. The van der Waals surface area contributed by atoms with E-state index in [1.54, 1.807) is 0 Å². The molecule has 0 unspecified atom stereocenters. The second-order valence-corrected chi connectivity index (χ2v) is 2.96. The van der Waals surface area contributed by atoms with Gasteiger partial charge in [-0.15, -0.1) is 0 Å². The van der Waals surface area contributed by atoms with Gasteiger partial charge in [-0.25, -0.2) is 0 Å². The summed E-state index contributed by atoms with van der Waals surface area (Å²) < 4.78 is 0. The van der Waals surface area contributed by atoms with Crippen LogP contribution in [0, 0.1) is 5.92 Å². The lowest BCUT2D eigenvalue weighted by atomic mass is 10.3. The molecule has 0 aromatic rings. The molecule has 50 valence electrons. The molecule has 0 atom stereocenters. The third kappa shape index (κ3) is 16.7. The molecule has 1 heteroatoms. The van der Waals surface area contributed by atoms with E-state index in [-0.39, 0.29) is 6.10 Å². The summed E-state index contributed by atoms with van der Waals surface area (Å²) in [4.78, 5) is 0. The van der Waals surface area contributed by atoms with Gasteiger partial charge < -0.3 is 5.11 Å². The highest BCUT2D eigenvalue weighted by Crippen LogP contribution is 2.16. The summed E-state index contributed by atoms with van der Waals surface area (Å²) >= 11 is 0. The molecule has 1 saturated carbocycles. The molecule has 0 amide bonds. The van der Waals surface area contributed by atoms with Crippen LogP contribution in [0.2, 0.25) is 0 Å². The van der Waals surface area contributed by atoms with Gasteiger partial charge in [-0.05, 0) is 18.8 Å². The fourth-order valence-corrected chi connectivity index (χ4v) is 0.0745. The summed E-state index contributed by atoms with van der Waals surface area (Å²) in [5, 5.41) is 8.17. The van der Waals surface area contributed by atoms with Gasteiger partial charge in [0.1, 0.15) is 0 Å². The van der Waals surface area contributed by atoms with Crippen LogP contribution in [-0.2, 0) is 0 Å². The fourth-order valence-electron chi connectivity index (χ4n) is 0.0745. The van der Waals surface area contributed by atoms with Crippen molar-refractivity contribution in [2.75, 3.05) is 0 Å². The lowest BCUT2D eigenvalue weighted by Crippen LogP contribution is -1.66. The Hall–Kier alpha value is -0.0400. The molecule has 1 N–H and O–H groups in total. The Labute approximate surface area is 51.7 Å². The molecule has 0 bridgehead atoms. The minimum Gasteiger partial charge on any atom is -0.393 e. The lowest BCUT2D eigenvalue weighted by Gasteiger charge is -1.79. The van der Waals surface area contributed by atoms with Crippen molar-refractivity contribution < 1.29 is 5.11 Å². The van der Waals surface area contributed by atoms with Crippen LogP contribution in [0.4, 0.5) is 0 Å². The second-order valence-electron chi connectivity index (χ2n) is 2.96. The molecule has 0 saturated heterocycles. The maximum Gasteiger partial charge on any atom is 0.0542 e. The van der Waals surface area contributed by atoms with Crippen LogP contribution in [0.3, 0.4) is 0 Å². The van der Waals surface area contributed by atoms with E-state index >= 15 is 0 Å². The van der Waals surface area contributed by atoms with Crippen molar-refractivity contribution >= 4 is 0 Å². The third-order valence-electron chi connectivity index (χ3n) is 0.547. The van der Waals surface area contributed by atoms with E-state index in [9.17, 15) is 0 Å². The number of hydrogen-bond donors (Lipinski definition) is 1. The van der Waals surface area contributed by atoms with Crippen molar-refractivity contribution in [3.05, 3.63) is 0 Å². The maximum absolute atomic E-state index is 8.17. The van der Waals surface area contributed by atoms with E-state index in [0.717, 1.165) is 18.8 Å².